The van der Waals surface area contributed by atoms with E-state index in [1.165, 1.54) is 83.5 Å². The molecule has 0 unspecified atom stereocenters. The molecular weight excluding hydrogens is 356 g/mol. The average molecular weight is 403 g/mol. The van der Waals surface area contributed by atoms with Gasteiger partial charge in [0.1, 0.15) is 24.4 Å². The van der Waals surface area contributed by atoms with Gasteiger partial charge in [-0.3, -0.25) is 0 Å². The van der Waals surface area contributed by atoms with Gasteiger partial charge in [0, 0.05) is 6.61 Å². The van der Waals surface area contributed by atoms with Crippen molar-refractivity contribution in [2.45, 2.75) is 128 Å². The lowest BCUT2D eigenvalue weighted by molar-refractivity contribution is -0.208. The molecule has 0 aromatic heterocycles. The molecule has 1 heterocycles. The summed E-state index contributed by atoms with van der Waals surface area (Å²) in [5.74, 6) is 0. The van der Waals surface area contributed by atoms with E-state index in [0.717, 1.165) is 12.8 Å². The second-order valence-corrected chi connectivity index (χ2v) is 8.39. The smallest absolute Gasteiger partial charge is 0.111 e. The Morgan fingerprint density at radius 2 is 1.18 bits per heavy atom. The zero-order valence-electron chi connectivity index (χ0n) is 18.2. The van der Waals surface area contributed by atoms with Crippen molar-refractivity contribution in [1.82, 2.24) is 0 Å². The lowest BCUT2D eigenvalue weighted by atomic mass is 10.0. The summed E-state index contributed by atoms with van der Waals surface area (Å²) < 4.78 is 11.0. The summed E-state index contributed by atoms with van der Waals surface area (Å²) in [6, 6.07) is 0. The second-order valence-electron chi connectivity index (χ2n) is 8.39. The van der Waals surface area contributed by atoms with Crippen LogP contribution in [0.15, 0.2) is 0 Å². The van der Waals surface area contributed by atoms with Gasteiger partial charge in [0.2, 0.25) is 0 Å². The Labute approximate surface area is 172 Å². The lowest BCUT2D eigenvalue weighted by Crippen LogP contribution is -2.55. The van der Waals surface area contributed by atoms with Gasteiger partial charge in [-0.1, -0.05) is 96.8 Å². The predicted octanol–water partition coefficient (Wildman–Crippen LogP) is 4.36. The first-order chi connectivity index (χ1) is 13.7. The molecular formula is C23H46O5. The Morgan fingerprint density at radius 3 is 1.64 bits per heavy atom. The molecule has 0 bridgehead atoms. The van der Waals surface area contributed by atoms with Gasteiger partial charge in [0.15, 0.2) is 0 Å². The summed E-state index contributed by atoms with van der Waals surface area (Å²) in [6.07, 6.45) is 16.7. The van der Waals surface area contributed by atoms with Crippen molar-refractivity contribution in [3.05, 3.63) is 0 Å². The van der Waals surface area contributed by atoms with E-state index in [2.05, 4.69) is 6.92 Å². The van der Waals surface area contributed by atoms with Crippen molar-refractivity contribution in [2.24, 2.45) is 0 Å². The van der Waals surface area contributed by atoms with Gasteiger partial charge in [0.25, 0.3) is 0 Å². The van der Waals surface area contributed by atoms with E-state index in [-0.39, 0.29) is 13.2 Å². The van der Waals surface area contributed by atoms with E-state index >= 15 is 0 Å². The maximum Gasteiger partial charge on any atom is 0.111 e. The van der Waals surface area contributed by atoms with Crippen LogP contribution in [0, 0.1) is 0 Å². The number of aliphatic hydroxyl groups excluding tert-OH is 3. The van der Waals surface area contributed by atoms with Crippen molar-refractivity contribution in [1.29, 1.82) is 0 Å². The Bertz CT molecular complexity index is 339. The molecule has 0 radical (unpaired) electrons. The zero-order chi connectivity index (χ0) is 20.5. The highest BCUT2D eigenvalue weighted by atomic mass is 16.6. The van der Waals surface area contributed by atoms with Crippen molar-refractivity contribution >= 4 is 0 Å². The molecule has 168 valence electrons. The topological polar surface area (TPSA) is 79.2 Å². The fourth-order valence-electron chi connectivity index (χ4n) is 3.87. The summed E-state index contributed by atoms with van der Waals surface area (Å²) in [7, 11) is 0. The molecule has 1 rings (SSSR count). The number of hydrogen-bond acceptors (Lipinski definition) is 5. The van der Waals surface area contributed by atoms with Gasteiger partial charge in [-0.15, -0.1) is 0 Å². The molecule has 1 fully saturated rings. The van der Waals surface area contributed by atoms with E-state index < -0.39 is 24.4 Å². The monoisotopic (exact) mass is 402 g/mol. The Balaban J connectivity index is 1.81. The minimum Gasteiger partial charge on any atom is -0.394 e. The number of ether oxygens (including phenoxy) is 2. The summed E-state index contributed by atoms with van der Waals surface area (Å²) >= 11 is 0. The highest BCUT2D eigenvalue weighted by Crippen LogP contribution is 2.18. The van der Waals surface area contributed by atoms with Crippen LogP contribution in [0.4, 0.5) is 0 Å². The Hall–Kier alpha value is -0.200. The van der Waals surface area contributed by atoms with E-state index in [4.69, 9.17) is 14.6 Å². The van der Waals surface area contributed by atoms with E-state index in [1.54, 1.807) is 0 Å². The number of aliphatic hydroxyl groups is 3. The van der Waals surface area contributed by atoms with Gasteiger partial charge >= 0.3 is 0 Å². The van der Waals surface area contributed by atoms with Gasteiger partial charge < -0.3 is 24.8 Å². The SMILES string of the molecule is CCCCCCCCCCCCCCCCCO[C@H]1CO[C@H](CO)[C@@H](O)[C@@H]1O. The molecule has 0 aliphatic carbocycles. The van der Waals surface area contributed by atoms with Crippen molar-refractivity contribution in [3.63, 3.8) is 0 Å². The molecule has 1 aliphatic heterocycles. The molecule has 0 spiro atoms. The highest BCUT2D eigenvalue weighted by molar-refractivity contribution is 4.87. The number of rotatable bonds is 18. The third-order valence-corrected chi connectivity index (χ3v) is 5.85. The second kappa shape index (κ2) is 17.6. The van der Waals surface area contributed by atoms with Crippen LogP contribution in [0.25, 0.3) is 0 Å². The van der Waals surface area contributed by atoms with Crippen LogP contribution in [0.2, 0.25) is 0 Å². The fourth-order valence-corrected chi connectivity index (χ4v) is 3.87. The zero-order valence-corrected chi connectivity index (χ0v) is 18.2. The van der Waals surface area contributed by atoms with E-state index in [0.29, 0.717) is 6.61 Å². The third kappa shape index (κ3) is 11.7. The van der Waals surface area contributed by atoms with Gasteiger partial charge in [-0.05, 0) is 6.42 Å². The lowest BCUT2D eigenvalue weighted by Gasteiger charge is -2.36. The van der Waals surface area contributed by atoms with Crippen LogP contribution in [-0.2, 0) is 9.47 Å². The first kappa shape index (κ1) is 25.8. The summed E-state index contributed by atoms with van der Waals surface area (Å²) in [4.78, 5) is 0. The molecule has 0 aromatic rings. The molecule has 0 amide bonds. The molecule has 1 aliphatic rings. The normalized spacial score (nSPS) is 25.3. The van der Waals surface area contributed by atoms with Crippen molar-refractivity contribution in [3.8, 4) is 0 Å². The Kier molecular flexibility index (Phi) is 16.3. The maximum atomic E-state index is 10.00. The van der Waals surface area contributed by atoms with Crippen LogP contribution in [0.3, 0.4) is 0 Å². The van der Waals surface area contributed by atoms with Crippen LogP contribution in [0.1, 0.15) is 103 Å². The summed E-state index contributed by atoms with van der Waals surface area (Å²) in [5.41, 5.74) is 0. The van der Waals surface area contributed by atoms with Crippen LogP contribution in [0.5, 0.6) is 0 Å². The molecule has 1 saturated heterocycles. The molecule has 0 aromatic carbocycles. The summed E-state index contributed by atoms with van der Waals surface area (Å²) in [5, 5.41) is 28.9. The van der Waals surface area contributed by atoms with Crippen LogP contribution in [-0.4, -0.2) is 59.6 Å². The maximum absolute atomic E-state index is 10.00. The van der Waals surface area contributed by atoms with Gasteiger partial charge in [-0.25, -0.2) is 0 Å². The summed E-state index contributed by atoms with van der Waals surface area (Å²) in [6.45, 7) is 2.79. The molecule has 5 heteroatoms. The first-order valence-electron chi connectivity index (χ1n) is 11.9. The number of hydrogen-bond donors (Lipinski definition) is 3. The van der Waals surface area contributed by atoms with Gasteiger partial charge in [-0.2, -0.15) is 0 Å². The molecule has 5 nitrogen and oxygen atoms in total. The Morgan fingerprint density at radius 1 is 0.714 bits per heavy atom. The van der Waals surface area contributed by atoms with Crippen molar-refractivity contribution in [2.75, 3.05) is 19.8 Å². The standard InChI is InChI=1S/C23H46O5/c1-2-3-4-5-6-7-8-9-10-11-12-13-14-15-16-17-27-21-19-28-20(18-24)22(25)23(21)26/h20-26H,2-19H2,1H3/t20-,21+,22-,23-/m1/s1. The average Bonchev–Trinajstić information content (AvgIpc) is 2.70. The van der Waals surface area contributed by atoms with E-state index in [1.807, 2.05) is 0 Å². The van der Waals surface area contributed by atoms with Crippen LogP contribution >= 0.6 is 0 Å². The van der Waals surface area contributed by atoms with Gasteiger partial charge in [0.05, 0.1) is 13.2 Å². The first-order valence-corrected chi connectivity index (χ1v) is 11.9. The quantitative estimate of drug-likeness (QED) is 0.297. The minimum absolute atomic E-state index is 0.224. The molecule has 0 saturated carbocycles. The predicted molar refractivity (Wildman–Crippen MR) is 114 cm³/mol. The molecule has 28 heavy (non-hydrogen) atoms. The highest BCUT2D eigenvalue weighted by Gasteiger charge is 2.38. The largest absolute Gasteiger partial charge is 0.394 e. The van der Waals surface area contributed by atoms with Crippen LogP contribution < -0.4 is 0 Å². The third-order valence-electron chi connectivity index (χ3n) is 5.85. The molecule has 3 N–H and O–H groups in total. The van der Waals surface area contributed by atoms with Crippen molar-refractivity contribution < 1.29 is 24.8 Å². The number of unbranched alkanes of at least 4 members (excludes halogenated alkanes) is 14. The molecule has 4 atom stereocenters. The fraction of sp³-hybridized carbons (Fsp3) is 1.00. The van der Waals surface area contributed by atoms with E-state index in [9.17, 15) is 10.2 Å². The minimum atomic E-state index is -1.08.